The first kappa shape index (κ1) is 22.6. The molecule has 0 heterocycles. The minimum Gasteiger partial charge on any atom is -0.494 e. The van der Waals surface area contributed by atoms with Gasteiger partial charge in [0.15, 0.2) is 0 Å². The Morgan fingerprint density at radius 1 is 1.03 bits per heavy atom. The summed E-state index contributed by atoms with van der Waals surface area (Å²) in [5.74, 6) is -0.520. The molecule has 162 valence electrons. The van der Waals surface area contributed by atoms with Gasteiger partial charge in [0, 0.05) is 11.4 Å². The minimum atomic E-state index is -3.92. The number of hydrogen-bond acceptors (Lipinski definition) is 4. The van der Waals surface area contributed by atoms with Crippen LogP contribution in [0.25, 0.3) is 0 Å². The fourth-order valence-corrected chi connectivity index (χ4v) is 4.42. The molecule has 0 radical (unpaired) electrons. The Morgan fingerprint density at radius 3 is 2.35 bits per heavy atom. The van der Waals surface area contributed by atoms with Gasteiger partial charge in [-0.25, -0.2) is 12.8 Å². The second-order valence-corrected chi connectivity index (χ2v) is 8.68. The normalized spacial score (nSPS) is 11.1. The van der Waals surface area contributed by atoms with Gasteiger partial charge in [-0.2, -0.15) is 0 Å². The first-order chi connectivity index (χ1) is 14.7. The summed E-state index contributed by atoms with van der Waals surface area (Å²) in [6.07, 6.45) is 0. The molecule has 0 aromatic heterocycles. The third kappa shape index (κ3) is 5.53. The summed E-state index contributed by atoms with van der Waals surface area (Å²) in [6, 6.07) is 14.4. The van der Waals surface area contributed by atoms with Crippen molar-refractivity contribution < 1.29 is 22.3 Å². The van der Waals surface area contributed by atoms with E-state index >= 15 is 0 Å². The van der Waals surface area contributed by atoms with E-state index in [0.717, 1.165) is 12.1 Å². The molecule has 0 aliphatic heterocycles. The number of amides is 1. The molecule has 0 saturated carbocycles. The van der Waals surface area contributed by atoms with E-state index < -0.39 is 21.7 Å². The van der Waals surface area contributed by atoms with Gasteiger partial charge in [0.2, 0.25) is 0 Å². The zero-order chi connectivity index (χ0) is 22.6. The molecule has 3 aromatic carbocycles. The Kier molecular flexibility index (Phi) is 6.82. The van der Waals surface area contributed by atoms with Gasteiger partial charge in [0.05, 0.1) is 22.1 Å². The van der Waals surface area contributed by atoms with Gasteiger partial charge in [-0.05, 0) is 74.0 Å². The van der Waals surface area contributed by atoms with Crippen LogP contribution in [0.15, 0.2) is 65.6 Å². The predicted octanol–water partition coefficient (Wildman–Crippen LogP) is 5.24. The smallest absolute Gasteiger partial charge is 0.262 e. The van der Waals surface area contributed by atoms with Crippen LogP contribution in [0.2, 0.25) is 5.02 Å². The van der Waals surface area contributed by atoms with E-state index in [9.17, 15) is 17.6 Å². The maximum absolute atomic E-state index is 13.2. The number of hydrogen-bond donors (Lipinski definition) is 2. The molecule has 3 rings (SSSR count). The predicted molar refractivity (Wildman–Crippen MR) is 119 cm³/mol. The first-order valence-electron chi connectivity index (χ1n) is 9.32. The Hall–Kier alpha value is -3.10. The summed E-state index contributed by atoms with van der Waals surface area (Å²) >= 11 is 5.93. The fraction of sp³-hybridized carbons (Fsp3) is 0.136. The lowest BCUT2D eigenvalue weighted by Crippen LogP contribution is -2.16. The highest BCUT2D eigenvalue weighted by Crippen LogP contribution is 2.25. The molecule has 0 unspecified atom stereocenters. The van der Waals surface area contributed by atoms with Gasteiger partial charge in [-0.15, -0.1) is 0 Å². The van der Waals surface area contributed by atoms with Crippen molar-refractivity contribution >= 4 is 38.9 Å². The molecular formula is C22H20ClFN2O4S. The zero-order valence-electron chi connectivity index (χ0n) is 16.8. The molecule has 0 aliphatic carbocycles. The van der Waals surface area contributed by atoms with Crippen LogP contribution >= 0.6 is 11.6 Å². The van der Waals surface area contributed by atoms with Crippen LogP contribution < -0.4 is 14.8 Å². The maximum Gasteiger partial charge on any atom is 0.262 e. The third-order valence-corrected chi connectivity index (χ3v) is 6.16. The van der Waals surface area contributed by atoms with E-state index in [1.807, 2.05) is 6.92 Å². The Balaban J connectivity index is 1.83. The van der Waals surface area contributed by atoms with Gasteiger partial charge in [-0.3, -0.25) is 9.52 Å². The Labute approximate surface area is 185 Å². The van der Waals surface area contributed by atoms with Crippen LogP contribution in [-0.4, -0.2) is 20.9 Å². The van der Waals surface area contributed by atoms with E-state index in [2.05, 4.69) is 10.0 Å². The zero-order valence-corrected chi connectivity index (χ0v) is 18.4. The van der Waals surface area contributed by atoms with Crippen molar-refractivity contribution in [1.82, 2.24) is 0 Å². The standard InChI is InChI=1S/C22H20ClFN2O4S/c1-3-30-18-9-7-16(8-10-18)26-31(28,29)21-13-17(6-4-14(21)2)25-22(27)19-11-5-15(24)12-20(19)23/h4-13,26H,3H2,1-2H3,(H,25,27). The summed E-state index contributed by atoms with van der Waals surface area (Å²) < 4.78 is 46.9. The molecule has 31 heavy (non-hydrogen) atoms. The third-order valence-electron chi connectivity index (χ3n) is 4.33. The lowest BCUT2D eigenvalue weighted by Gasteiger charge is -2.13. The molecule has 6 nitrogen and oxygen atoms in total. The number of rotatable bonds is 7. The molecule has 0 saturated heterocycles. The highest BCUT2D eigenvalue weighted by Gasteiger charge is 2.19. The lowest BCUT2D eigenvalue weighted by molar-refractivity contribution is 0.102. The number of ether oxygens (including phenoxy) is 1. The minimum absolute atomic E-state index is 0.00406. The highest BCUT2D eigenvalue weighted by atomic mass is 35.5. The van der Waals surface area contributed by atoms with Crippen LogP contribution in [0.4, 0.5) is 15.8 Å². The van der Waals surface area contributed by atoms with Crippen LogP contribution in [-0.2, 0) is 10.0 Å². The first-order valence-corrected chi connectivity index (χ1v) is 11.2. The Bertz CT molecular complexity index is 1210. The summed E-state index contributed by atoms with van der Waals surface area (Å²) in [6.45, 7) is 4.01. The molecule has 0 aliphatic rings. The molecule has 1 amide bonds. The van der Waals surface area contributed by atoms with Gasteiger partial charge in [0.1, 0.15) is 11.6 Å². The van der Waals surface area contributed by atoms with Gasteiger partial charge in [0.25, 0.3) is 15.9 Å². The van der Waals surface area contributed by atoms with Gasteiger partial charge >= 0.3 is 0 Å². The average molecular weight is 463 g/mol. The maximum atomic E-state index is 13.2. The van der Waals surface area contributed by atoms with Crippen molar-refractivity contribution in [2.75, 3.05) is 16.6 Å². The number of aryl methyl sites for hydroxylation is 1. The van der Waals surface area contributed by atoms with Gasteiger partial charge in [-0.1, -0.05) is 17.7 Å². The van der Waals surface area contributed by atoms with Crippen LogP contribution in [0.3, 0.4) is 0 Å². The van der Waals surface area contributed by atoms with E-state index in [0.29, 0.717) is 23.6 Å². The summed E-state index contributed by atoms with van der Waals surface area (Å²) in [5.41, 5.74) is 1.19. The molecular weight excluding hydrogens is 443 g/mol. The SMILES string of the molecule is CCOc1ccc(NS(=O)(=O)c2cc(NC(=O)c3ccc(F)cc3Cl)ccc2C)cc1. The van der Waals surface area contributed by atoms with Crippen LogP contribution in [0, 0.1) is 12.7 Å². The van der Waals surface area contributed by atoms with Crippen molar-refractivity contribution in [3.8, 4) is 5.75 Å². The van der Waals surface area contributed by atoms with E-state index in [4.69, 9.17) is 16.3 Å². The van der Waals surface area contributed by atoms with E-state index in [1.165, 1.54) is 12.1 Å². The second kappa shape index (κ2) is 9.36. The summed E-state index contributed by atoms with van der Waals surface area (Å²) in [5, 5.41) is 2.54. The highest BCUT2D eigenvalue weighted by molar-refractivity contribution is 7.92. The topological polar surface area (TPSA) is 84.5 Å². The molecule has 0 atom stereocenters. The number of nitrogens with one attached hydrogen (secondary N) is 2. The molecule has 2 N–H and O–H groups in total. The van der Waals surface area contributed by atoms with Crippen LogP contribution in [0.1, 0.15) is 22.8 Å². The van der Waals surface area contributed by atoms with E-state index in [1.54, 1.807) is 43.3 Å². The largest absolute Gasteiger partial charge is 0.494 e. The quantitative estimate of drug-likeness (QED) is 0.503. The molecule has 3 aromatic rings. The van der Waals surface area contributed by atoms with Crippen molar-refractivity contribution in [3.05, 3.63) is 82.6 Å². The average Bonchev–Trinajstić information content (AvgIpc) is 2.70. The van der Waals surface area contributed by atoms with Crippen molar-refractivity contribution in [3.63, 3.8) is 0 Å². The number of benzene rings is 3. The number of anilines is 2. The van der Waals surface area contributed by atoms with E-state index in [-0.39, 0.29) is 21.2 Å². The molecule has 9 heteroatoms. The summed E-state index contributed by atoms with van der Waals surface area (Å²) in [7, 11) is -3.92. The van der Waals surface area contributed by atoms with Crippen molar-refractivity contribution in [1.29, 1.82) is 0 Å². The molecule has 0 bridgehead atoms. The molecule has 0 spiro atoms. The fourth-order valence-electron chi connectivity index (χ4n) is 2.84. The Morgan fingerprint density at radius 2 is 1.71 bits per heavy atom. The van der Waals surface area contributed by atoms with Crippen molar-refractivity contribution in [2.45, 2.75) is 18.7 Å². The number of carbonyl (C=O) groups is 1. The lowest BCUT2D eigenvalue weighted by atomic mass is 10.2. The second-order valence-electron chi connectivity index (χ2n) is 6.62. The van der Waals surface area contributed by atoms with Gasteiger partial charge < -0.3 is 10.1 Å². The monoisotopic (exact) mass is 462 g/mol. The van der Waals surface area contributed by atoms with Crippen molar-refractivity contribution in [2.24, 2.45) is 0 Å². The van der Waals surface area contributed by atoms with Crippen LogP contribution in [0.5, 0.6) is 5.75 Å². The number of halogens is 2. The number of carbonyl (C=O) groups excluding carboxylic acids is 1. The number of sulfonamides is 1. The molecule has 0 fully saturated rings. The summed E-state index contributed by atoms with van der Waals surface area (Å²) in [4.78, 5) is 12.5.